The summed E-state index contributed by atoms with van der Waals surface area (Å²) in [5.41, 5.74) is 0.762. The van der Waals surface area contributed by atoms with Crippen LogP contribution in [0.5, 0.6) is 0 Å². The Morgan fingerprint density at radius 2 is 2.27 bits per heavy atom. The molecule has 3 atom stereocenters. The van der Waals surface area contributed by atoms with Crippen LogP contribution in [0.1, 0.15) is 19.6 Å². The number of nitrogens with zero attached hydrogens (tertiary/aromatic N) is 5. The van der Waals surface area contributed by atoms with Gasteiger partial charge < -0.3 is 14.9 Å². The molecule has 1 aliphatic heterocycles. The van der Waals surface area contributed by atoms with E-state index in [1.54, 1.807) is 11.5 Å². The van der Waals surface area contributed by atoms with E-state index in [1.165, 1.54) is 6.33 Å². The summed E-state index contributed by atoms with van der Waals surface area (Å²) in [6.45, 7) is 1.78. The molecule has 2 aromatic rings. The Hall–Kier alpha value is -1.52. The number of imidazole rings is 1. The van der Waals surface area contributed by atoms with Crippen molar-refractivity contribution in [2.75, 3.05) is 18.2 Å². The number of aromatic nitrogens is 4. The number of rotatable bonds is 4. The summed E-state index contributed by atoms with van der Waals surface area (Å²) in [6.07, 6.45) is -0.160. The van der Waals surface area contributed by atoms with E-state index in [9.17, 15) is 10.3 Å². The van der Waals surface area contributed by atoms with Gasteiger partial charge in [-0.2, -0.15) is 9.97 Å². The van der Waals surface area contributed by atoms with Crippen molar-refractivity contribution in [3.8, 4) is 0 Å². The molecule has 0 aromatic carbocycles. The molecule has 0 radical (unpaired) electrons. The van der Waals surface area contributed by atoms with Crippen molar-refractivity contribution in [1.82, 2.24) is 19.5 Å². The summed E-state index contributed by atoms with van der Waals surface area (Å²) in [5.74, 6) is 0.202. The van der Waals surface area contributed by atoms with Crippen molar-refractivity contribution in [1.29, 1.82) is 0 Å². The Morgan fingerprint density at radius 1 is 1.50 bits per heavy atom. The van der Waals surface area contributed by atoms with E-state index >= 15 is 0 Å². The summed E-state index contributed by atoms with van der Waals surface area (Å²) in [6, 6.07) is 0. The van der Waals surface area contributed by atoms with Gasteiger partial charge in [0, 0.05) is 13.0 Å². The Kier molecular flexibility index (Phi) is 4.15. The van der Waals surface area contributed by atoms with Crippen molar-refractivity contribution in [3.63, 3.8) is 0 Å². The maximum Gasteiger partial charge on any atom is 0.226 e. The minimum absolute atomic E-state index is 0.0333. The fourth-order valence-corrected chi connectivity index (χ4v) is 2.63. The van der Waals surface area contributed by atoms with E-state index in [4.69, 9.17) is 21.4 Å². The standard InChI is InChI=1S/C12H16ClN5O4/c1-2-18(21)11-9-10(15-12(13)16-11)17(5-14-9)8-3-6(20)7(4-19)22-8/h5-8,19-21H,2-4H2,1H3/t6-,7+,8-/m0/s1. The normalized spacial score (nSPS) is 25.0. The summed E-state index contributed by atoms with van der Waals surface area (Å²) in [4.78, 5) is 12.3. The van der Waals surface area contributed by atoms with E-state index in [1.807, 2.05) is 0 Å². The minimum Gasteiger partial charge on any atom is -0.394 e. The van der Waals surface area contributed by atoms with Crippen LogP contribution in [0.4, 0.5) is 5.82 Å². The van der Waals surface area contributed by atoms with E-state index in [0.717, 1.165) is 5.06 Å². The molecule has 3 heterocycles. The highest BCUT2D eigenvalue weighted by atomic mass is 35.5. The Balaban J connectivity index is 2.04. The zero-order valence-electron chi connectivity index (χ0n) is 11.8. The molecule has 1 saturated heterocycles. The third-order valence-corrected chi connectivity index (χ3v) is 3.78. The zero-order valence-corrected chi connectivity index (χ0v) is 12.6. The summed E-state index contributed by atoms with van der Waals surface area (Å²) < 4.78 is 7.19. The lowest BCUT2D eigenvalue weighted by atomic mass is 10.2. The van der Waals surface area contributed by atoms with Gasteiger partial charge in [-0.1, -0.05) is 0 Å². The number of hydroxylamine groups is 1. The van der Waals surface area contributed by atoms with Gasteiger partial charge in [0.1, 0.15) is 12.3 Å². The first kappa shape index (κ1) is 15.4. The molecule has 120 valence electrons. The van der Waals surface area contributed by atoms with Crippen LogP contribution in [0.2, 0.25) is 5.28 Å². The number of fused-ring (bicyclic) bond motifs is 1. The van der Waals surface area contributed by atoms with Crippen LogP contribution in [0, 0.1) is 0 Å². The molecule has 0 aliphatic carbocycles. The highest BCUT2D eigenvalue weighted by Gasteiger charge is 2.35. The maximum atomic E-state index is 9.88. The molecule has 0 saturated carbocycles. The van der Waals surface area contributed by atoms with Gasteiger partial charge in [0.05, 0.1) is 19.0 Å². The van der Waals surface area contributed by atoms with Crippen LogP contribution in [0.25, 0.3) is 11.2 Å². The average molecular weight is 330 g/mol. The highest BCUT2D eigenvalue weighted by molar-refractivity contribution is 6.28. The lowest BCUT2D eigenvalue weighted by Crippen LogP contribution is -2.24. The van der Waals surface area contributed by atoms with Crippen molar-refractivity contribution in [2.24, 2.45) is 0 Å². The summed E-state index contributed by atoms with van der Waals surface area (Å²) >= 11 is 5.91. The number of hydrogen-bond acceptors (Lipinski definition) is 8. The van der Waals surface area contributed by atoms with Crippen LogP contribution < -0.4 is 5.06 Å². The lowest BCUT2D eigenvalue weighted by Gasteiger charge is -2.15. The second-order valence-corrected chi connectivity index (χ2v) is 5.31. The van der Waals surface area contributed by atoms with Gasteiger partial charge in [0.2, 0.25) is 5.28 Å². The van der Waals surface area contributed by atoms with Crippen molar-refractivity contribution in [2.45, 2.75) is 31.8 Å². The largest absolute Gasteiger partial charge is 0.394 e. The first-order valence-corrected chi connectivity index (χ1v) is 7.23. The van der Waals surface area contributed by atoms with Crippen LogP contribution in [0.3, 0.4) is 0 Å². The predicted octanol–water partition coefficient (Wildman–Crippen LogP) is 0.336. The van der Waals surface area contributed by atoms with E-state index < -0.39 is 18.4 Å². The van der Waals surface area contributed by atoms with Gasteiger partial charge in [-0.15, -0.1) is 0 Å². The number of halogens is 1. The minimum atomic E-state index is -0.769. The molecular formula is C12H16ClN5O4. The van der Waals surface area contributed by atoms with Gasteiger partial charge >= 0.3 is 0 Å². The number of ether oxygens (including phenoxy) is 1. The molecule has 22 heavy (non-hydrogen) atoms. The number of aliphatic hydroxyl groups excluding tert-OH is 2. The molecule has 1 fully saturated rings. The number of aliphatic hydroxyl groups is 2. The monoisotopic (exact) mass is 329 g/mol. The summed E-state index contributed by atoms with van der Waals surface area (Å²) in [5, 5.41) is 29.8. The SMILES string of the molecule is CCN(O)c1nc(Cl)nc2c1ncn2[C@@H]1C[C@H](O)[C@@H](CO)O1. The van der Waals surface area contributed by atoms with Gasteiger partial charge in [0.15, 0.2) is 17.0 Å². The van der Waals surface area contributed by atoms with Crippen LogP contribution in [0.15, 0.2) is 6.33 Å². The van der Waals surface area contributed by atoms with Crippen molar-refractivity contribution >= 4 is 28.6 Å². The zero-order chi connectivity index (χ0) is 15.9. The fourth-order valence-electron chi connectivity index (χ4n) is 2.47. The first-order chi connectivity index (χ1) is 10.5. The summed E-state index contributed by atoms with van der Waals surface area (Å²) in [7, 11) is 0. The van der Waals surface area contributed by atoms with Crippen molar-refractivity contribution in [3.05, 3.63) is 11.6 Å². The maximum absolute atomic E-state index is 9.88. The van der Waals surface area contributed by atoms with E-state index in [0.29, 0.717) is 24.1 Å². The van der Waals surface area contributed by atoms with Crippen LogP contribution in [-0.4, -0.2) is 60.3 Å². The number of hydrogen-bond donors (Lipinski definition) is 3. The van der Waals surface area contributed by atoms with Crippen molar-refractivity contribution < 1.29 is 20.2 Å². The molecule has 3 rings (SSSR count). The molecule has 0 unspecified atom stereocenters. The Bertz CT molecular complexity index is 681. The highest BCUT2D eigenvalue weighted by Crippen LogP contribution is 2.32. The smallest absolute Gasteiger partial charge is 0.226 e. The Morgan fingerprint density at radius 3 is 2.91 bits per heavy atom. The molecule has 3 N–H and O–H groups in total. The topological polar surface area (TPSA) is 117 Å². The average Bonchev–Trinajstić information content (AvgIpc) is 3.08. The fraction of sp³-hybridized carbons (Fsp3) is 0.583. The number of anilines is 1. The second-order valence-electron chi connectivity index (χ2n) is 4.97. The van der Waals surface area contributed by atoms with Gasteiger partial charge in [-0.25, -0.2) is 10.0 Å². The molecule has 0 amide bonds. The predicted molar refractivity (Wildman–Crippen MR) is 76.8 cm³/mol. The molecule has 1 aliphatic rings. The third kappa shape index (κ3) is 2.50. The molecule has 0 bridgehead atoms. The third-order valence-electron chi connectivity index (χ3n) is 3.61. The molecule has 9 nitrogen and oxygen atoms in total. The van der Waals surface area contributed by atoms with Gasteiger partial charge in [-0.05, 0) is 18.5 Å². The molecule has 0 spiro atoms. The lowest BCUT2D eigenvalue weighted by molar-refractivity contribution is -0.0432. The van der Waals surface area contributed by atoms with E-state index in [-0.39, 0.29) is 17.7 Å². The quantitative estimate of drug-likeness (QED) is 0.543. The molecular weight excluding hydrogens is 314 g/mol. The van der Waals surface area contributed by atoms with Gasteiger partial charge in [-0.3, -0.25) is 9.77 Å². The second kappa shape index (κ2) is 5.94. The van der Waals surface area contributed by atoms with E-state index in [2.05, 4.69) is 15.0 Å². The molecule has 2 aromatic heterocycles. The van der Waals surface area contributed by atoms with Crippen LogP contribution >= 0.6 is 11.6 Å². The van der Waals surface area contributed by atoms with Crippen LogP contribution in [-0.2, 0) is 4.74 Å². The first-order valence-electron chi connectivity index (χ1n) is 6.86. The Labute approximate surface area is 130 Å². The molecule has 10 heteroatoms. The van der Waals surface area contributed by atoms with Gasteiger partial charge in [0.25, 0.3) is 0 Å².